The summed E-state index contributed by atoms with van der Waals surface area (Å²) in [6, 6.07) is 2.09. The molecule has 0 fully saturated rings. The Morgan fingerprint density at radius 2 is 2.35 bits per heavy atom. The molecule has 0 aromatic carbocycles. The van der Waals surface area contributed by atoms with Gasteiger partial charge in [0.25, 0.3) is 0 Å². The van der Waals surface area contributed by atoms with Gasteiger partial charge >= 0.3 is 0 Å². The molecule has 0 saturated heterocycles. The molecule has 0 aliphatic carbocycles. The lowest BCUT2D eigenvalue weighted by Crippen LogP contribution is -2.20. The fourth-order valence-corrected chi connectivity index (χ4v) is 2.64. The second kappa shape index (κ2) is 4.71. The molecular formula is C12H15N3OS. The summed E-state index contributed by atoms with van der Waals surface area (Å²) in [6.45, 7) is 2.63. The van der Waals surface area contributed by atoms with Gasteiger partial charge in [0, 0.05) is 20.6 Å². The number of aromatic nitrogens is 2. The summed E-state index contributed by atoms with van der Waals surface area (Å²) >= 11 is 1.68. The molecule has 2 aromatic heterocycles. The van der Waals surface area contributed by atoms with E-state index >= 15 is 0 Å². The maximum Gasteiger partial charge on any atom is 0.155 e. The number of anilines is 1. The minimum absolute atomic E-state index is 0.672. The van der Waals surface area contributed by atoms with Gasteiger partial charge in [0.1, 0.15) is 5.82 Å². The fraction of sp³-hybridized carbons (Fsp3) is 0.333. The van der Waals surface area contributed by atoms with Gasteiger partial charge in [-0.05, 0) is 29.3 Å². The van der Waals surface area contributed by atoms with Gasteiger partial charge in [0.15, 0.2) is 6.29 Å². The van der Waals surface area contributed by atoms with E-state index in [-0.39, 0.29) is 0 Å². The van der Waals surface area contributed by atoms with E-state index in [1.807, 2.05) is 25.9 Å². The van der Waals surface area contributed by atoms with Gasteiger partial charge < -0.3 is 4.90 Å². The van der Waals surface area contributed by atoms with Crippen LogP contribution in [0.15, 0.2) is 16.8 Å². The molecule has 0 aliphatic heterocycles. The average Bonchev–Trinajstić information content (AvgIpc) is 2.85. The van der Waals surface area contributed by atoms with Crippen molar-refractivity contribution in [2.75, 3.05) is 11.9 Å². The average molecular weight is 249 g/mol. The zero-order chi connectivity index (χ0) is 12.4. The molecule has 0 amide bonds. The van der Waals surface area contributed by atoms with Gasteiger partial charge in [0.2, 0.25) is 0 Å². The van der Waals surface area contributed by atoms with Crippen molar-refractivity contribution in [3.05, 3.63) is 33.6 Å². The third-order valence-electron chi connectivity index (χ3n) is 2.72. The SMILES string of the molecule is Cc1nn(C)c(N(C)Cc2ccsc2)c1C=O. The fourth-order valence-electron chi connectivity index (χ4n) is 1.98. The Morgan fingerprint density at radius 3 is 2.94 bits per heavy atom. The summed E-state index contributed by atoms with van der Waals surface area (Å²) in [5.74, 6) is 0.865. The highest BCUT2D eigenvalue weighted by Gasteiger charge is 2.16. The molecule has 2 aromatic rings. The molecule has 2 heterocycles. The Morgan fingerprint density at radius 1 is 1.59 bits per heavy atom. The molecule has 5 heteroatoms. The number of aryl methyl sites for hydroxylation is 2. The lowest BCUT2D eigenvalue weighted by Gasteiger charge is -2.19. The van der Waals surface area contributed by atoms with Gasteiger partial charge in [-0.2, -0.15) is 16.4 Å². The van der Waals surface area contributed by atoms with E-state index in [1.54, 1.807) is 16.0 Å². The maximum absolute atomic E-state index is 11.1. The van der Waals surface area contributed by atoms with Crippen LogP contribution in [0.5, 0.6) is 0 Å². The van der Waals surface area contributed by atoms with Crippen LogP contribution in [-0.4, -0.2) is 23.1 Å². The van der Waals surface area contributed by atoms with Crippen LogP contribution in [0.1, 0.15) is 21.6 Å². The molecule has 0 bridgehead atoms. The monoisotopic (exact) mass is 249 g/mol. The highest BCUT2D eigenvalue weighted by Crippen LogP contribution is 2.22. The molecule has 0 N–H and O–H groups in total. The molecule has 0 saturated carbocycles. The summed E-state index contributed by atoms with van der Waals surface area (Å²) in [4.78, 5) is 13.1. The Kier molecular flexibility index (Phi) is 3.28. The number of aldehydes is 1. The van der Waals surface area contributed by atoms with Crippen molar-refractivity contribution in [2.24, 2.45) is 7.05 Å². The zero-order valence-corrected chi connectivity index (χ0v) is 11.0. The van der Waals surface area contributed by atoms with Crippen molar-refractivity contribution in [3.8, 4) is 0 Å². The Bertz CT molecular complexity index is 516. The normalized spacial score (nSPS) is 10.5. The molecule has 0 atom stereocenters. The number of carbonyl (C=O) groups is 1. The van der Waals surface area contributed by atoms with Crippen LogP contribution in [0, 0.1) is 6.92 Å². The van der Waals surface area contributed by atoms with Crippen molar-refractivity contribution in [3.63, 3.8) is 0 Å². The van der Waals surface area contributed by atoms with Crippen molar-refractivity contribution in [1.82, 2.24) is 9.78 Å². The highest BCUT2D eigenvalue weighted by molar-refractivity contribution is 7.07. The molecule has 4 nitrogen and oxygen atoms in total. The van der Waals surface area contributed by atoms with Crippen LogP contribution in [0.25, 0.3) is 0 Å². The van der Waals surface area contributed by atoms with E-state index in [1.165, 1.54) is 5.56 Å². The standard InChI is InChI=1S/C12H15N3OS/c1-9-11(7-16)12(15(3)13-9)14(2)6-10-4-5-17-8-10/h4-5,7-8H,6H2,1-3H3. The van der Waals surface area contributed by atoms with Gasteiger partial charge in [-0.25, -0.2) is 0 Å². The van der Waals surface area contributed by atoms with Crippen LogP contribution in [0.2, 0.25) is 0 Å². The van der Waals surface area contributed by atoms with Crippen LogP contribution in [-0.2, 0) is 13.6 Å². The summed E-state index contributed by atoms with van der Waals surface area (Å²) in [5.41, 5.74) is 2.69. The first kappa shape index (κ1) is 11.9. The molecule has 2 rings (SSSR count). The van der Waals surface area contributed by atoms with E-state index in [9.17, 15) is 4.79 Å². The van der Waals surface area contributed by atoms with Gasteiger partial charge in [-0.1, -0.05) is 0 Å². The van der Waals surface area contributed by atoms with E-state index in [0.29, 0.717) is 5.56 Å². The first-order valence-electron chi connectivity index (χ1n) is 5.34. The second-order valence-electron chi connectivity index (χ2n) is 4.05. The second-order valence-corrected chi connectivity index (χ2v) is 4.83. The minimum Gasteiger partial charge on any atom is -0.355 e. The summed E-state index contributed by atoms with van der Waals surface area (Å²) in [5, 5.41) is 8.44. The molecule has 17 heavy (non-hydrogen) atoms. The summed E-state index contributed by atoms with van der Waals surface area (Å²) < 4.78 is 1.76. The van der Waals surface area contributed by atoms with Crippen molar-refractivity contribution in [1.29, 1.82) is 0 Å². The van der Waals surface area contributed by atoms with Crippen LogP contribution < -0.4 is 4.90 Å². The van der Waals surface area contributed by atoms with E-state index in [0.717, 1.165) is 24.3 Å². The first-order chi connectivity index (χ1) is 8.13. The quantitative estimate of drug-likeness (QED) is 0.780. The predicted molar refractivity (Wildman–Crippen MR) is 69.8 cm³/mol. The molecular weight excluding hydrogens is 234 g/mol. The van der Waals surface area contributed by atoms with E-state index in [2.05, 4.69) is 21.9 Å². The van der Waals surface area contributed by atoms with Crippen LogP contribution in [0.4, 0.5) is 5.82 Å². The Hall–Kier alpha value is -1.62. The molecule has 0 radical (unpaired) electrons. The minimum atomic E-state index is 0.672. The van der Waals surface area contributed by atoms with Crippen molar-refractivity contribution < 1.29 is 4.79 Å². The number of rotatable bonds is 4. The first-order valence-corrected chi connectivity index (χ1v) is 6.28. The predicted octanol–water partition coefficient (Wildman–Crippen LogP) is 2.24. The topological polar surface area (TPSA) is 38.1 Å². The molecule has 0 spiro atoms. The lowest BCUT2D eigenvalue weighted by atomic mass is 10.2. The third kappa shape index (κ3) is 2.24. The smallest absolute Gasteiger partial charge is 0.155 e. The van der Waals surface area contributed by atoms with Gasteiger partial charge in [-0.15, -0.1) is 0 Å². The molecule has 0 unspecified atom stereocenters. The van der Waals surface area contributed by atoms with Crippen molar-refractivity contribution in [2.45, 2.75) is 13.5 Å². The van der Waals surface area contributed by atoms with Crippen LogP contribution >= 0.6 is 11.3 Å². The van der Waals surface area contributed by atoms with Gasteiger partial charge in [0.05, 0.1) is 11.3 Å². The summed E-state index contributed by atoms with van der Waals surface area (Å²) in [7, 11) is 3.83. The Balaban J connectivity index is 2.30. The lowest BCUT2D eigenvalue weighted by molar-refractivity contribution is 0.112. The summed E-state index contributed by atoms with van der Waals surface area (Å²) in [6.07, 6.45) is 0.877. The number of hydrogen-bond donors (Lipinski definition) is 0. The van der Waals surface area contributed by atoms with Crippen LogP contribution in [0.3, 0.4) is 0 Å². The Labute approximate surface area is 104 Å². The van der Waals surface area contributed by atoms with E-state index < -0.39 is 0 Å². The number of hydrogen-bond acceptors (Lipinski definition) is 4. The highest BCUT2D eigenvalue weighted by atomic mass is 32.1. The zero-order valence-electron chi connectivity index (χ0n) is 10.2. The number of thiophene rings is 1. The largest absolute Gasteiger partial charge is 0.355 e. The van der Waals surface area contributed by atoms with Gasteiger partial charge in [-0.3, -0.25) is 9.48 Å². The van der Waals surface area contributed by atoms with E-state index in [4.69, 9.17) is 0 Å². The van der Waals surface area contributed by atoms with Crippen molar-refractivity contribution >= 4 is 23.4 Å². The molecule has 90 valence electrons. The molecule has 0 aliphatic rings. The maximum atomic E-state index is 11.1. The number of nitrogens with zero attached hydrogens (tertiary/aromatic N) is 3. The number of carbonyl (C=O) groups excluding carboxylic acids is 1. The third-order valence-corrected chi connectivity index (χ3v) is 3.45.